The Morgan fingerprint density at radius 2 is 2.33 bits per heavy atom. The van der Waals surface area contributed by atoms with Crippen LogP contribution < -0.4 is 11.1 Å². The van der Waals surface area contributed by atoms with Gasteiger partial charge in [0.2, 0.25) is 0 Å². The summed E-state index contributed by atoms with van der Waals surface area (Å²) in [6, 6.07) is 0. The summed E-state index contributed by atoms with van der Waals surface area (Å²) in [6.45, 7) is 6.39. The van der Waals surface area contributed by atoms with Gasteiger partial charge in [0.05, 0.1) is 0 Å². The molecule has 1 heterocycles. The fourth-order valence-corrected chi connectivity index (χ4v) is 1.62. The van der Waals surface area contributed by atoms with Gasteiger partial charge in [-0.15, -0.1) is 11.3 Å². The third-order valence-corrected chi connectivity index (χ3v) is 3.17. The molecule has 3 N–H and O–H groups in total. The van der Waals surface area contributed by atoms with Crippen molar-refractivity contribution >= 4 is 17.2 Å². The van der Waals surface area contributed by atoms with Crippen LogP contribution in [-0.2, 0) is 6.54 Å². The lowest BCUT2D eigenvalue weighted by atomic mass is 10.0. The lowest BCUT2D eigenvalue weighted by Crippen LogP contribution is -2.42. The van der Waals surface area contributed by atoms with Gasteiger partial charge in [-0.25, -0.2) is 4.98 Å². The Balaban J connectivity index is 2.69. The zero-order valence-electron chi connectivity index (χ0n) is 9.33. The van der Waals surface area contributed by atoms with E-state index in [-0.39, 0.29) is 11.4 Å². The first-order valence-electron chi connectivity index (χ1n) is 4.95. The second kappa shape index (κ2) is 4.72. The number of thiazole rings is 1. The zero-order chi connectivity index (χ0) is 11.5. The second-order valence-corrected chi connectivity index (χ2v) is 4.96. The molecule has 84 valence electrons. The number of hydrogen-bond donors (Lipinski definition) is 2. The molecule has 0 aliphatic rings. The van der Waals surface area contributed by atoms with E-state index in [0.29, 0.717) is 12.2 Å². The predicted octanol–water partition coefficient (Wildman–Crippen LogP) is 1.52. The number of aromatic nitrogens is 1. The van der Waals surface area contributed by atoms with E-state index < -0.39 is 0 Å². The Hall–Kier alpha value is -0.940. The van der Waals surface area contributed by atoms with Crippen LogP contribution in [0.4, 0.5) is 0 Å². The van der Waals surface area contributed by atoms with Gasteiger partial charge in [0.1, 0.15) is 10.7 Å². The molecule has 15 heavy (non-hydrogen) atoms. The molecule has 0 bridgehead atoms. The summed E-state index contributed by atoms with van der Waals surface area (Å²) >= 11 is 1.41. The van der Waals surface area contributed by atoms with Crippen LogP contribution in [0.15, 0.2) is 5.38 Å². The number of nitrogens with one attached hydrogen (secondary N) is 1. The average Bonchev–Trinajstić information content (AvgIpc) is 2.65. The van der Waals surface area contributed by atoms with Crippen LogP contribution in [0.3, 0.4) is 0 Å². The van der Waals surface area contributed by atoms with Gasteiger partial charge in [-0.3, -0.25) is 4.79 Å². The summed E-state index contributed by atoms with van der Waals surface area (Å²) < 4.78 is 0. The molecular weight excluding hydrogens is 210 g/mol. The number of nitrogens with two attached hydrogens (primary N) is 1. The molecule has 0 saturated heterocycles. The van der Waals surface area contributed by atoms with E-state index in [1.54, 1.807) is 5.38 Å². The summed E-state index contributed by atoms with van der Waals surface area (Å²) in [6.07, 6.45) is 0.882. The number of amides is 1. The molecule has 1 amide bonds. The Kier molecular flexibility index (Phi) is 3.82. The maximum absolute atomic E-state index is 11.7. The smallest absolute Gasteiger partial charge is 0.271 e. The highest BCUT2D eigenvalue weighted by Crippen LogP contribution is 2.12. The number of rotatable bonds is 4. The lowest BCUT2D eigenvalue weighted by Gasteiger charge is -2.23. The molecule has 4 nitrogen and oxygen atoms in total. The molecular formula is C10H17N3OS. The van der Waals surface area contributed by atoms with Gasteiger partial charge in [-0.1, -0.05) is 6.92 Å². The normalized spacial score (nSPS) is 11.5. The molecule has 0 saturated carbocycles. The topological polar surface area (TPSA) is 68.0 Å². The molecule has 1 aromatic rings. The van der Waals surface area contributed by atoms with Crippen molar-refractivity contribution < 1.29 is 4.79 Å². The van der Waals surface area contributed by atoms with E-state index >= 15 is 0 Å². The minimum absolute atomic E-state index is 0.127. The van der Waals surface area contributed by atoms with Crippen LogP contribution in [-0.4, -0.2) is 16.4 Å². The maximum atomic E-state index is 11.7. The SMILES string of the molecule is CCC(C)(C)NC(=O)c1csc(CN)n1. The Morgan fingerprint density at radius 1 is 1.67 bits per heavy atom. The van der Waals surface area contributed by atoms with Crippen molar-refractivity contribution in [3.05, 3.63) is 16.1 Å². The van der Waals surface area contributed by atoms with Gasteiger partial charge in [0, 0.05) is 17.5 Å². The lowest BCUT2D eigenvalue weighted by molar-refractivity contribution is 0.0906. The molecule has 1 aromatic heterocycles. The molecule has 0 aliphatic heterocycles. The fourth-order valence-electron chi connectivity index (χ4n) is 0.969. The first-order chi connectivity index (χ1) is 6.98. The molecule has 0 atom stereocenters. The van der Waals surface area contributed by atoms with E-state index in [0.717, 1.165) is 11.4 Å². The van der Waals surface area contributed by atoms with Crippen LogP contribution in [0.5, 0.6) is 0 Å². The van der Waals surface area contributed by atoms with Crippen LogP contribution in [0.2, 0.25) is 0 Å². The second-order valence-electron chi connectivity index (χ2n) is 4.02. The van der Waals surface area contributed by atoms with Gasteiger partial charge in [0.25, 0.3) is 5.91 Å². The van der Waals surface area contributed by atoms with E-state index in [2.05, 4.69) is 10.3 Å². The summed E-state index contributed by atoms with van der Waals surface area (Å²) in [5.41, 5.74) is 5.70. The van der Waals surface area contributed by atoms with Crippen molar-refractivity contribution in [3.63, 3.8) is 0 Å². The van der Waals surface area contributed by atoms with Crippen molar-refractivity contribution in [1.29, 1.82) is 0 Å². The Bertz CT molecular complexity index is 346. The highest BCUT2D eigenvalue weighted by atomic mass is 32.1. The predicted molar refractivity (Wildman–Crippen MR) is 61.8 cm³/mol. The number of carbonyl (C=O) groups excluding carboxylic acids is 1. The molecule has 0 fully saturated rings. The van der Waals surface area contributed by atoms with Crippen LogP contribution >= 0.6 is 11.3 Å². The first-order valence-corrected chi connectivity index (χ1v) is 5.83. The number of nitrogens with zero attached hydrogens (tertiary/aromatic N) is 1. The number of hydrogen-bond acceptors (Lipinski definition) is 4. The third-order valence-electron chi connectivity index (χ3n) is 2.29. The molecule has 0 unspecified atom stereocenters. The quantitative estimate of drug-likeness (QED) is 0.819. The highest BCUT2D eigenvalue weighted by molar-refractivity contribution is 7.09. The third kappa shape index (κ3) is 3.28. The molecule has 0 spiro atoms. The summed E-state index contributed by atoms with van der Waals surface area (Å²) in [5.74, 6) is -0.127. The van der Waals surface area contributed by atoms with Crippen LogP contribution in [0, 0.1) is 0 Å². The van der Waals surface area contributed by atoms with Gasteiger partial charge >= 0.3 is 0 Å². The summed E-state index contributed by atoms with van der Waals surface area (Å²) in [4.78, 5) is 15.9. The van der Waals surface area contributed by atoms with Gasteiger partial charge in [0.15, 0.2) is 0 Å². The minimum Gasteiger partial charge on any atom is -0.346 e. The molecule has 0 aliphatic carbocycles. The maximum Gasteiger partial charge on any atom is 0.271 e. The molecule has 5 heteroatoms. The van der Waals surface area contributed by atoms with Gasteiger partial charge in [-0.2, -0.15) is 0 Å². The van der Waals surface area contributed by atoms with E-state index in [9.17, 15) is 4.79 Å². The van der Waals surface area contributed by atoms with Crippen molar-refractivity contribution in [2.24, 2.45) is 5.73 Å². The Morgan fingerprint density at radius 3 is 2.80 bits per heavy atom. The van der Waals surface area contributed by atoms with E-state index in [1.165, 1.54) is 11.3 Å². The minimum atomic E-state index is -0.191. The fraction of sp³-hybridized carbons (Fsp3) is 0.600. The van der Waals surface area contributed by atoms with Crippen molar-refractivity contribution in [2.75, 3.05) is 0 Å². The van der Waals surface area contributed by atoms with Crippen LogP contribution in [0.25, 0.3) is 0 Å². The standard InChI is InChI=1S/C10H17N3OS/c1-4-10(2,3)13-9(14)7-6-15-8(5-11)12-7/h6H,4-5,11H2,1-3H3,(H,13,14). The largest absolute Gasteiger partial charge is 0.346 e. The van der Waals surface area contributed by atoms with E-state index in [4.69, 9.17) is 5.73 Å². The molecule has 0 radical (unpaired) electrons. The van der Waals surface area contributed by atoms with Crippen molar-refractivity contribution in [2.45, 2.75) is 39.3 Å². The zero-order valence-corrected chi connectivity index (χ0v) is 10.1. The van der Waals surface area contributed by atoms with Crippen LogP contribution in [0.1, 0.15) is 42.7 Å². The Labute approximate surface area is 93.9 Å². The van der Waals surface area contributed by atoms with Crippen molar-refractivity contribution in [1.82, 2.24) is 10.3 Å². The summed E-state index contributed by atoms with van der Waals surface area (Å²) in [7, 11) is 0. The average molecular weight is 227 g/mol. The van der Waals surface area contributed by atoms with E-state index in [1.807, 2.05) is 20.8 Å². The summed E-state index contributed by atoms with van der Waals surface area (Å²) in [5, 5.41) is 5.45. The number of carbonyl (C=O) groups is 1. The molecule has 1 rings (SSSR count). The first kappa shape index (κ1) is 12.1. The van der Waals surface area contributed by atoms with Crippen molar-refractivity contribution in [3.8, 4) is 0 Å². The van der Waals surface area contributed by atoms with Gasteiger partial charge < -0.3 is 11.1 Å². The monoisotopic (exact) mass is 227 g/mol. The molecule has 0 aromatic carbocycles. The van der Waals surface area contributed by atoms with Gasteiger partial charge in [-0.05, 0) is 20.3 Å². The highest BCUT2D eigenvalue weighted by Gasteiger charge is 2.20.